The van der Waals surface area contributed by atoms with Crippen molar-refractivity contribution in [2.45, 2.75) is 25.5 Å². The van der Waals surface area contributed by atoms with E-state index < -0.39 is 0 Å². The first-order valence-corrected chi connectivity index (χ1v) is 15.0. The van der Waals surface area contributed by atoms with Crippen molar-refractivity contribution in [3.05, 3.63) is 160 Å². The molecule has 1 aliphatic heterocycles. The number of fused-ring (bicyclic) bond motifs is 3. The van der Waals surface area contributed by atoms with E-state index in [1.54, 1.807) is 12.1 Å². The molecule has 7 heteroatoms. The van der Waals surface area contributed by atoms with Crippen LogP contribution >= 0.6 is 34.5 Å². The molecular weight excluding hydrogens is 571 g/mol. The van der Waals surface area contributed by atoms with Crippen molar-refractivity contribution in [3.8, 4) is 5.75 Å². The Morgan fingerprint density at radius 3 is 2.49 bits per heavy atom. The minimum Gasteiger partial charge on any atom is -0.489 e. The average Bonchev–Trinajstić information content (AvgIpc) is 3.31. The number of aryl methyl sites for hydroxylation is 1. The van der Waals surface area contributed by atoms with Crippen LogP contribution in [0.4, 0.5) is 0 Å². The molecule has 5 aromatic rings. The summed E-state index contributed by atoms with van der Waals surface area (Å²) in [6.07, 6.45) is 3.76. The SMILES string of the molecule is O=c1/c(=C/c2ccc(OCc3ccc(Cl)c(Cl)c3)cc2)sc2n1[C@@H](c1ccccc1)C1=C(N=2)c2ccccc2CC1. The fourth-order valence-electron chi connectivity index (χ4n) is 5.57. The molecule has 7 rings (SSSR count). The molecule has 2 heterocycles. The molecule has 0 N–H and O–H groups in total. The summed E-state index contributed by atoms with van der Waals surface area (Å²) in [6.45, 7) is 0.377. The van der Waals surface area contributed by atoms with E-state index in [4.69, 9.17) is 32.9 Å². The molecule has 0 fully saturated rings. The van der Waals surface area contributed by atoms with Gasteiger partial charge in [0.05, 0.1) is 26.3 Å². The molecule has 0 amide bonds. The summed E-state index contributed by atoms with van der Waals surface area (Å²) in [4.78, 5) is 19.7. The van der Waals surface area contributed by atoms with Crippen LogP contribution in [0.3, 0.4) is 0 Å². The van der Waals surface area contributed by atoms with Crippen LogP contribution in [-0.4, -0.2) is 4.57 Å². The fraction of sp³-hybridized carbons (Fsp3) is 0.118. The van der Waals surface area contributed by atoms with Crippen molar-refractivity contribution in [3.63, 3.8) is 0 Å². The second-order valence-electron chi connectivity index (χ2n) is 10.1. The first-order chi connectivity index (χ1) is 20.0. The Hall–Kier alpha value is -3.90. The minimum atomic E-state index is -0.171. The van der Waals surface area contributed by atoms with Crippen molar-refractivity contribution in [1.82, 2.24) is 4.57 Å². The summed E-state index contributed by atoms with van der Waals surface area (Å²) in [7, 11) is 0. The van der Waals surface area contributed by atoms with Gasteiger partial charge in [-0.05, 0) is 71.0 Å². The molecule has 1 atom stereocenters. The van der Waals surface area contributed by atoms with Crippen LogP contribution in [0, 0.1) is 0 Å². The molecule has 0 saturated carbocycles. The highest BCUT2D eigenvalue weighted by atomic mass is 35.5. The highest BCUT2D eigenvalue weighted by Gasteiger charge is 2.32. The van der Waals surface area contributed by atoms with Crippen molar-refractivity contribution < 1.29 is 4.74 Å². The van der Waals surface area contributed by atoms with Gasteiger partial charge in [-0.2, -0.15) is 0 Å². The zero-order valence-electron chi connectivity index (χ0n) is 21.9. The zero-order valence-corrected chi connectivity index (χ0v) is 24.2. The number of rotatable bonds is 5. The maximum atomic E-state index is 13.9. The third kappa shape index (κ3) is 4.95. The lowest BCUT2D eigenvalue weighted by Gasteiger charge is -2.30. The van der Waals surface area contributed by atoms with Crippen LogP contribution in [0.15, 0.2) is 112 Å². The molecule has 1 aliphatic carbocycles. The maximum absolute atomic E-state index is 13.9. The summed E-state index contributed by atoms with van der Waals surface area (Å²) in [5.41, 5.74) is 7.63. The molecule has 0 saturated heterocycles. The predicted octanol–water partition coefficient (Wildman–Crippen LogP) is 7.20. The molecule has 0 spiro atoms. The lowest BCUT2D eigenvalue weighted by molar-refractivity contribution is 0.306. The van der Waals surface area contributed by atoms with Gasteiger partial charge < -0.3 is 4.74 Å². The number of hydrogen-bond acceptors (Lipinski definition) is 4. The van der Waals surface area contributed by atoms with Crippen molar-refractivity contribution in [2.24, 2.45) is 4.99 Å². The highest BCUT2D eigenvalue weighted by molar-refractivity contribution is 7.07. The Morgan fingerprint density at radius 2 is 1.68 bits per heavy atom. The zero-order chi connectivity index (χ0) is 27.9. The van der Waals surface area contributed by atoms with Crippen LogP contribution in [-0.2, 0) is 13.0 Å². The van der Waals surface area contributed by atoms with E-state index in [2.05, 4.69) is 36.4 Å². The number of halogens is 2. The first kappa shape index (κ1) is 26.0. The van der Waals surface area contributed by atoms with Crippen molar-refractivity contribution in [2.75, 3.05) is 0 Å². The highest BCUT2D eigenvalue weighted by Crippen LogP contribution is 2.41. The van der Waals surface area contributed by atoms with Gasteiger partial charge in [-0.15, -0.1) is 0 Å². The third-order valence-electron chi connectivity index (χ3n) is 7.56. The quantitative estimate of drug-likeness (QED) is 0.216. The van der Waals surface area contributed by atoms with Gasteiger partial charge in [-0.25, -0.2) is 4.99 Å². The molecule has 0 radical (unpaired) electrons. The van der Waals surface area contributed by atoms with Gasteiger partial charge in [0.1, 0.15) is 12.4 Å². The molecule has 4 aromatic carbocycles. The average molecular weight is 596 g/mol. The van der Waals surface area contributed by atoms with E-state index in [0.29, 0.717) is 21.2 Å². The van der Waals surface area contributed by atoms with Crippen molar-refractivity contribution in [1.29, 1.82) is 0 Å². The van der Waals surface area contributed by atoms with E-state index in [1.165, 1.54) is 28.0 Å². The second kappa shape index (κ2) is 10.8. The van der Waals surface area contributed by atoms with Gasteiger partial charge in [0, 0.05) is 5.56 Å². The Morgan fingerprint density at radius 1 is 0.902 bits per heavy atom. The first-order valence-electron chi connectivity index (χ1n) is 13.4. The van der Waals surface area contributed by atoms with Gasteiger partial charge in [0.2, 0.25) is 0 Å². The number of thiazole rings is 1. The van der Waals surface area contributed by atoms with E-state index in [0.717, 1.165) is 45.8 Å². The predicted molar refractivity (Wildman–Crippen MR) is 166 cm³/mol. The van der Waals surface area contributed by atoms with Gasteiger partial charge in [-0.1, -0.05) is 107 Å². The Kier molecular flexibility index (Phi) is 6.87. The van der Waals surface area contributed by atoms with Gasteiger partial charge >= 0.3 is 0 Å². The van der Waals surface area contributed by atoms with Gasteiger partial charge in [0.25, 0.3) is 5.56 Å². The summed E-state index contributed by atoms with van der Waals surface area (Å²) in [5.74, 6) is 0.727. The summed E-state index contributed by atoms with van der Waals surface area (Å²) in [5, 5.41) is 1.02. The Balaban J connectivity index is 1.25. The number of allylic oxidation sites excluding steroid dienone is 1. The standard InChI is InChI=1S/C34H24Cl2N2O2S/c35-28-17-12-22(18-29(28)36)20-40-25-14-10-21(11-15-25)19-30-33(39)38-32(24-7-2-1-3-8-24)27-16-13-23-6-4-5-9-26(23)31(27)37-34(38)41-30/h1-12,14-15,17-19,32H,13,16,20H2/b30-19-/t32-/m0/s1. The van der Waals surface area contributed by atoms with Crippen molar-refractivity contribution >= 4 is 46.3 Å². The van der Waals surface area contributed by atoms with Crippen LogP contribution in [0.5, 0.6) is 5.75 Å². The molecular formula is C34H24Cl2N2O2S. The smallest absolute Gasteiger partial charge is 0.271 e. The van der Waals surface area contributed by atoms with Crippen LogP contribution in [0.1, 0.15) is 40.3 Å². The molecule has 2 aliphatic rings. The summed E-state index contributed by atoms with van der Waals surface area (Å²) < 4.78 is 8.47. The van der Waals surface area contributed by atoms with E-state index in [9.17, 15) is 4.79 Å². The number of aromatic nitrogens is 1. The normalized spacial score (nSPS) is 16.0. The molecule has 1 aromatic heterocycles. The lowest BCUT2D eigenvalue weighted by atomic mass is 9.83. The topological polar surface area (TPSA) is 43.6 Å². The van der Waals surface area contributed by atoms with Crippen LogP contribution in [0.25, 0.3) is 11.8 Å². The number of hydrogen-bond donors (Lipinski definition) is 0. The number of ether oxygens (including phenoxy) is 1. The summed E-state index contributed by atoms with van der Waals surface area (Å²) in [6, 6.07) is 31.8. The minimum absolute atomic E-state index is 0.0204. The van der Waals surface area contributed by atoms with E-state index >= 15 is 0 Å². The number of benzene rings is 4. The Labute approximate surface area is 251 Å². The Bertz CT molecular complexity index is 1990. The van der Waals surface area contributed by atoms with Gasteiger partial charge in [-0.3, -0.25) is 9.36 Å². The molecule has 4 nitrogen and oxygen atoms in total. The van der Waals surface area contributed by atoms with Crippen LogP contribution < -0.4 is 19.6 Å². The van der Waals surface area contributed by atoms with Gasteiger partial charge in [0.15, 0.2) is 4.80 Å². The largest absolute Gasteiger partial charge is 0.489 e. The van der Waals surface area contributed by atoms with Crippen LogP contribution in [0.2, 0.25) is 10.0 Å². The monoisotopic (exact) mass is 594 g/mol. The maximum Gasteiger partial charge on any atom is 0.271 e. The van der Waals surface area contributed by atoms with E-state index in [-0.39, 0.29) is 11.6 Å². The summed E-state index contributed by atoms with van der Waals surface area (Å²) >= 11 is 13.6. The number of nitrogens with zero attached hydrogens (tertiary/aromatic N) is 2. The second-order valence-corrected chi connectivity index (χ2v) is 12.0. The lowest BCUT2D eigenvalue weighted by Crippen LogP contribution is -2.38. The molecule has 0 bridgehead atoms. The fourth-order valence-corrected chi connectivity index (χ4v) is 6.89. The van der Waals surface area contributed by atoms with E-state index in [1.807, 2.05) is 59.2 Å². The molecule has 41 heavy (non-hydrogen) atoms. The molecule has 202 valence electrons. The third-order valence-corrected chi connectivity index (χ3v) is 9.28. The molecule has 0 unspecified atom stereocenters.